The van der Waals surface area contributed by atoms with Gasteiger partial charge in [-0.25, -0.2) is 4.99 Å². The van der Waals surface area contributed by atoms with E-state index in [1.165, 1.54) is 23.5 Å². The van der Waals surface area contributed by atoms with Crippen LogP contribution in [0, 0.1) is 10.1 Å². The number of hydrogen-bond acceptors (Lipinski definition) is 6. The zero-order chi connectivity index (χ0) is 20.5. The van der Waals surface area contributed by atoms with Gasteiger partial charge in [0.1, 0.15) is 5.00 Å². The number of benzene rings is 1. The number of likely N-dealkylation sites (N-methyl/N-ethyl adjacent to an activating group) is 1. The van der Waals surface area contributed by atoms with Gasteiger partial charge in [0, 0.05) is 42.0 Å². The molecular weight excluding hydrogens is 390 g/mol. The van der Waals surface area contributed by atoms with E-state index >= 15 is 0 Å². The predicted octanol–water partition coefficient (Wildman–Crippen LogP) is 3.28. The van der Waals surface area contributed by atoms with Crippen LogP contribution in [0.25, 0.3) is 5.69 Å². The van der Waals surface area contributed by atoms with Crippen molar-refractivity contribution in [3.05, 3.63) is 74.4 Å². The zero-order valence-corrected chi connectivity index (χ0v) is 16.6. The Morgan fingerprint density at radius 2 is 2.07 bits per heavy atom. The lowest BCUT2D eigenvalue weighted by Gasteiger charge is -2.22. The van der Waals surface area contributed by atoms with Crippen LogP contribution in [0.15, 0.2) is 47.6 Å². The van der Waals surface area contributed by atoms with E-state index in [0.717, 1.165) is 41.3 Å². The molecule has 2 N–H and O–H groups in total. The molecule has 9 heteroatoms. The fourth-order valence-electron chi connectivity index (χ4n) is 3.46. The second-order valence-corrected chi connectivity index (χ2v) is 7.95. The van der Waals surface area contributed by atoms with Gasteiger partial charge in [0.2, 0.25) is 0 Å². The normalized spacial score (nSPS) is 14.2. The molecule has 2 aromatic heterocycles. The molecule has 1 aliphatic rings. The zero-order valence-electron chi connectivity index (χ0n) is 15.7. The third-order valence-corrected chi connectivity index (χ3v) is 6.03. The molecule has 1 aromatic carbocycles. The highest BCUT2D eigenvalue weighted by atomic mass is 32.1. The number of aromatic nitrogens is 1. The van der Waals surface area contributed by atoms with E-state index < -0.39 is 10.8 Å². The van der Waals surface area contributed by atoms with Crippen LogP contribution < -0.4 is 5.73 Å². The Labute approximate surface area is 171 Å². The van der Waals surface area contributed by atoms with E-state index in [1.54, 1.807) is 18.3 Å². The summed E-state index contributed by atoms with van der Waals surface area (Å²) in [5, 5.41) is 11.5. The highest BCUT2D eigenvalue weighted by molar-refractivity contribution is 7.16. The molecule has 0 unspecified atom stereocenters. The monoisotopic (exact) mass is 409 g/mol. The largest absolute Gasteiger partial charge is 0.365 e. The molecule has 29 heavy (non-hydrogen) atoms. The number of carbonyl (C=O) groups is 1. The molecule has 148 valence electrons. The molecule has 3 heterocycles. The maximum absolute atomic E-state index is 12.1. The van der Waals surface area contributed by atoms with Gasteiger partial charge in [0.05, 0.1) is 22.4 Å². The van der Waals surface area contributed by atoms with Crippen LogP contribution in [0.3, 0.4) is 0 Å². The summed E-state index contributed by atoms with van der Waals surface area (Å²) >= 11 is 1.50. The molecule has 0 saturated carbocycles. The van der Waals surface area contributed by atoms with Crippen LogP contribution in [0.1, 0.15) is 26.5 Å². The van der Waals surface area contributed by atoms with Crippen molar-refractivity contribution in [1.82, 2.24) is 9.47 Å². The summed E-state index contributed by atoms with van der Waals surface area (Å²) in [6.07, 6.45) is 4.33. The van der Waals surface area contributed by atoms with Crippen LogP contribution in [0.2, 0.25) is 0 Å². The highest BCUT2D eigenvalue weighted by Gasteiger charge is 2.25. The van der Waals surface area contributed by atoms with E-state index in [2.05, 4.69) is 9.89 Å². The number of rotatable bonds is 5. The number of primary amides is 1. The first kappa shape index (κ1) is 19.0. The number of hydrogen-bond donors (Lipinski definition) is 1. The van der Waals surface area contributed by atoms with Gasteiger partial charge in [-0.3, -0.25) is 14.9 Å². The van der Waals surface area contributed by atoms with Crippen molar-refractivity contribution < 1.29 is 9.72 Å². The van der Waals surface area contributed by atoms with Crippen LogP contribution in [-0.4, -0.2) is 40.1 Å². The van der Waals surface area contributed by atoms with Crippen LogP contribution in [-0.2, 0) is 13.0 Å². The Kier molecular flexibility index (Phi) is 4.99. The SMILES string of the molecule is CN1CCc2c(sc(N=Cc3cccn3-c3ccc([N+](=O)[O-])cc3)c2C(N)=O)C1. The van der Waals surface area contributed by atoms with Crippen LogP contribution in [0.4, 0.5) is 10.7 Å². The van der Waals surface area contributed by atoms with Gasteiger partial charge in [0.25, 0.3) is 11.6 Å². The lowest BCUT2D eigenvalue weighted by Crippen LogP contribution is -2.26. The number of fused-ring (bicyclic) bond motifs is 1. The van der Waals surface area contributed by atoms with Crippen molar-refractivity contribution in [2.45, 2.75) is 13.0 Å². The average Bonchev–Trinajstić information content (AvgIpc) is 3.30. The van der Waals surface area contributed by atoms with Gasteiger partial charge in [-0.15, -0.1) is 11.3 Å². The third-order valence-electron chi connectivity index (χ3n) is 4.91. The van der Waals surface area contributed by atoms with Crippen LogP contribution >= 0.6 is 11.3 Å². The molecule has 0 bridgehead atoms. The molecule has 0 radical (unpaired) electrons. The van der Waals surface area contributed by atoms with E-state index in [0.29, 0.717) is 10.6 Å². The first-order valence-electron chi connectivity index (χ1n) is 9.03. The van der Waals surface area contributed by atoms with E-state index in [4.69, 9.17) is 5.73 Å². The summed E-state index contributed by atoms with van der Waals surface area (Å²) in [5.74, 6) is -0.454. The van der Waals surface area contributed by atoms with Crippen molar-refractivity contribution in [3.63, 3.8) is 0 Å². The maximum atomic E-state index is 12.1. The standard InChI is InChI=1S/C20H19N5O3S/c1-23-10-8-16-17(12-23)29-20(18(16)19(21)26)22-11-15-3-2-9-24(15)13-4-6-14(7-5-13)25(27)28/h2-7,9,11H,8,10,12H2,1H3,(H2,21,26). The number of nitro benzene ring substituents is 1. The Bertz CT molecular complexity index is 1110. The minimum Gasteiger partial charge on any atom is -0.365 e. The average molecular weight is 409 g/mol. The lowest BCUT2D eigenvalue weighted by molar-refractivity contribution is -0.384. The van der Waals surface area contributed by atoms with E-state index in [1.807, 2.05) is 29.9 Å². The number of carbonyl (C=O) groups excluding carboxylic acids is 1. The summed E-state index contributed by atoms with van der Waals surface area (Å²) < 4.78 is 1.87. The number of aliphatic imine (C=N–C) groups is 1. The summed E-state index contributed by atoms with van der Waals surface area (Å²) in [7, 11) is 2.05. The summed E-state index contributed by atoms with van der Waals surface area (Å²) in [6, 6.07) is 10.0. The number of nitrogens with zero attached hydrogens (tertiary/aromatic N) is 4. The molecule has 0 atom stereocenters. The minimum absolute atomic E-state index is 0.0383. The number of nitro groups is 1. The fraction of sp³-hybridized carbons (Fsp3) is 0.200. The molecule has 8 nitrogen and oxygen atoms in total. The maximum Gasteiger partial charge on any atom is 0.269 e. The topological polar surface area (TPSA) is 107 Å². The summed E-state index contributed by atoms with van der Waals surface area (Å²) in [4.78, 5) is 30.4. The van der Waals surface area contributed by atoms with Crippen molar-refractivity contribution >= 4 is 34.1 Å². The third kappa shape index (κ3) is 3.69. The summed E-state index contributed by atoms with van der Waals surface area (Å²) in [5.41, 5.74) is 8.78. The van der Waals surface area contributed by atoms with Gasteiger partial charge in [-0.1, -0.05) is 0 Å². The van der Waals surface area contributed by atoms with Gasteiger partial charge >= 0.3 is 0 Å². The Morgan fingerprint density at radius 3 is 2.76 bits per heavy atom. The van der Waals surface area contributed by atoms with Crippen LogP contribution in [0.5, 0.6) is 0 Å². The molecule has 0 aliphatic carbocycles. The number of non-ortho nitro benzene ring substituents is 1. The Morgan fingerprint density at radius 1 is 1.31 bits per heavy atom. The predicted molar refractivity (Wildman–Crippen MR) is 113 cm³/mol. The molecule has 0 fully saturated rings. The first-order valence-corrected chi connectivity index (χ1v) is 9.85. The van der Waals surface area contributed by atoms with Crippen molar-refractivity contribution in [1.29, 1.82) is 0 Å². The lowest BCUT2D eigenvalue weighted by atomic mass is 10.0. The number of thiophene rings is 1. The van der Waals surface area contributed by atoms with Crippen molar-refractivity contribution in [2.75, 3.05) is 13.6 Å². The smallest absolute Gasteiger partial charge is 0.269 e. The second kappa shape index (κ2) is 7.61. The van der Waals surface area contributed by atoms with Gasteiger partial charge in [-0.05, 0) is 43.3 Å². The fourth-order valence-corrected chi connectivity index (χ4v) is 4.73. The molecule has 0 saturated heterocycles. The molecule has 4 rings (SSSR count). The van der Waals surface area contributed by atoms with Gasteiger partial charge < -0.3 is 15.2 Å². The molecule has 1 aliphatic heterocycles. The quantitative estimate of drug-likeness (QED) is 0.396. The first-order chi connectivity index (χ1) is 13.9. The highest BCUT2D eigenvalue weighted by Crippen LogP contribution is 2.38. The Hall–Kier alpha value is -3.30. The molecule has 0 spiro atoms. The second-order valence-electron chi connectivity index (χ2n) is 6.87. The van der Waals surface area contributed by atoms with Crippen molar-refractivity contribution in [2.24, 2.45) is 10.7 Å². The van der Waals surface area contributed by atoms with E-state index in [9.17, 15) is 14.9 Å². The summed E-state index contributed by atoms with van der Waals surface area (Å²) in [6.45, 7) is 1.67. The number of nitrogens with two attached hydrogens (primary N) is 1. The minimum atomic E-state index is -0.454. The van der Waals surface area contributed by atoms with Gasteiger partial charge in [-0.2, -0.15) is 0 Å². The molecule has 3 aromatic rings. The molecule has 1 amide bonds. The van der Waals surface area contributed by atoms with Crippen molar-refractivity contribution in [3.8, 4) is 5.69 Å². The van der Waals surface area contributed by atoms with E-state index in [-0.39, 0.29) is 5.69 Å². The van der Waals surface area contributed by atoms with Gasteiger partial charge in [0.15, 0.2) is 0 Å². The molecular formula is C20H19N5O3S. The Balaban J connectivity index is 1.67. The number of amides is 1.